The van der Waals surface area contributed by atoms with Crippen LogP contribution in [-0.2, 0) is 9.59 Å². The normalized spacial score (nSPS) is 14.0. The quantitative estimate of drug-likeness (QED) is 0.453. The Kier molecular flexibility index (Phi) is 5.43. The van der Waals surface area contributed by atoms with Gasteiger partial charge in [0.1, 0.15) is 5.70 Å². The van der Waals surface area contributed by atoms with Crippen LogP contribution in [0.25, 0.3) is 5.57 Å². The fraction of sp³-hybridized carbons (Fsp3) is 0.158. The van der Waals surface area contributed by atoms with Crippen molar-refractivity contribution in [1.82, 2.24) is 4.90 Å². The van der Waals surface area contributed by atoms with E-state index in [4.69, 9.17) is 11.6 Å². The molecule has 0 atom stereocenters. The van der Waals surface area contributed by atoms with Crippen molar-refractivity contribution in [1.29, 1.82) is 0 Å². The van der Waals surface area contributed by atoms with E-state index in [1.165, 1.54) is 29.2 Å². The lowest BCUT2D eigenvalue weighted by Crippen LogP contribution is -2.35. The molecule has 0 aliphatic carbocycles. The van der Waals surface area contributed by atoms with Gasteiger partial charge in [-0.25, -0.2) is 4.90 Å². The van der Waals surface area contributed by atoms with E-state index in [1.807, 2.05) is 0 Å². The Morgan fingerprint density at radius 1 is 1.11 bits per heavy atom. The maximum atomic E-state index is 13.2. The van der Waals surface area contributed by atoms with Crippen LogP contribution in [0.4, 0.5) is 11.4 Å². The van der Waals surface area contributed by atoms with Crippen molar-refractivity contribution in [3.63, 3.8) is 0 Å². The van der Waals surface area contributed by atoms with Crippen molar-refractivity contribution in [2.24, 2.45) is 0 Å². The number of halogens is 1. The van der Waals surface area contributed by atoms with E-state index >= 15 is 0 Å². The molecule has 8 nitrogen and oxygen atoms in total. The number of imide groups is 1. The molecule has 0 saturated carbocycles. The molecule has 0 unspecified atom stereocenters. The molecule has 2 aromatic rings. The molecule has 2 aromatic carbocycles. The Morgan fingerprint density at radius 2 is 1.75 bits per heavy atom. The molecule has 0 saturated heterocycles. The molecule has 3 rings (SSSR count). The minimum absolute atomic E-state index is 0.0906. The van der Waals surface area contributed by atoms with Crippen LogP contribution in [0, 0.1) is 10.1 Å². The summed E-state index contributed by atoms with van der Waals surface area (Å²) in [4.78, 5) is 39.1. The Bertz CT molecular complexity index is 987. The average Bonchev–Trinajstić information content (AvgIpc) is 2.93. The van der Waals surface area contributed by atoms with Gasteiger partial charge in [0.05, 0.1) is 27.8 Å². The number of anilines is 1. The molecule has 28 heavy (non-hydrogen) atoms. The minimum Gasteiger partial charge on any atom is -0.395 e. The highest BCUT2D eigenvalue weighted by Gasteiger charge is 2.42. The van der Waals surface area contributed by atoms with Gasteiger partial charge in [-0.1, -0.05) is 23.7 Å². The number of nitrogens with zero attached hydrogens (tertiary/aromatic N) is 3. The number of amides is 2. The van der Waals surface area contributed by atoms with E-state index < -0.39 is 16.7 Å². The molecule has 0 aromatic heterocycles. The predicted molar refractivity (Wildman–Crippen MR) is 104 cm³/mol. The molecule has 0 fully saturated rings. The first-order chi connectivity index (χ1) is 13.4. The second-order valence-corrected chi connectivity index (χ2v) is 6.48. The van der Waals surface area contributed by atoms with Gasteiger partial charge in [-0.05, 0) is 29.8 Å². The van der Waals surface area contributed by atoms with Crippen molar-refractivity contribution in [3.8, 4) is 0 Å². The van der Waals surface area contributed by atoms with Crippen molar-refractivity contribution in [3.05, 3.63) is 74.9 Å². The molecular weight excluding hydrogens is 386 g/mol. The summed E-state index contributed by atoms with van der Waals surface area (Å²) < 4.78 is 0. The van der Waals surface area contributed by atoms with Crippen LogP contribution in [0.1, 0.15) is 5.56 Å². The summed E-state index contributed by atoms with van der Waals surface area (Å²) in [5, 5.41) is 20.4. The van der Waals surface area contributed by atoms with Gasteiger partial charge in [0.25, 0.3) is 17.5 Å². The number of nitro benzene ring substituents is 1. The molecule has 1 heterocycles. The lowest BCUT2D eigenvalue weighted by Gasteiger charge is -2.20. The summed E-state index contributed by atoms with van der Waals surface area (Å²) >= 11 is 6.18. The van der Waals surface area contributed by atoms with Crippen molar-refractivity contribution >= 4 is 40.4 Å². The van der Waals surface area contributed by atoms with E-state index in [0.717, 1.165) is 4.90 Å². The average molecular weight is 402 g/mol. The van der Waals surface area contributed by atoms with E-state index in [2.05, 4.69) is 0 Å². The zero-order valence-corrected chi connectivity index (χ0v) is 15.6. The number of likely N-dealkylation sites (N-methyl/N-ethyl adjacent to an activating group) is 1. The van der Waals surface area contributed by atoms with Gasteiger partial charge >= 0.3 is 0 Å². The van der Waals surface area contributed by atoms with Crippen molar-refractivity contribution in [2.45, 2.75) is 0 Å². The molecule has 144 valence electrons. The number of carbonyl (C=O) groups is 2. The summed E-state index contributed by atoms with van der Waals surface area (Å²) in [6.45, 7) is -0.0949. The molecule has 0 bridgehead atoms. The fourth-order valence-corrected chi connectivity index (χ4v) is 3.22. The van der Waals surface area contributed by atoms with Crippen LogP contribution in [0.2, 0.25) is 5.02 Å². The fourth-order valence-electron chi connectivity index (χ4n) is 3.00. The number of hydrogen-bond acceptors (Lipinski definition) is 6. The van der Waals surface area contributed by atoms with Crippen LogP contribution in [0.5, 0.6) is 0 Å². The Morgan fingerprint density at radius 3 is 2.32 bits per heavy atom. The molecule has 9 heteroatoms. The highest BCUT2D eigenvalue weighted by atomic mass is 35.5. The predicted octanol–water partition coefficient (Wildman–Crippen LogP) is 2.46. The van der Waals surface area contributed by atoms with Gasteiger partial charge in [0.15, 0.2) is 0 Å². The maximum absolute atomic E-state index is 13.2. The summed E-state index contributed by atoms with van der Waals surface area (Å²) in [5.74, 6) is -1.17. The lowest BCUT2D eigenvalue weighted by molar-refractivity contribution is -0.384. The Labute approximate surface area is 165 Å². The molecule has 1 N–H and O–H groups in total. The first kappa shape index (κ1) is 19.5. The van der Waals surface area contributed by atoms with E-state index in [-0.39, 0.29) is 40.8 Å². The van der Waals surface area contributed by atoms with Gasteiger partial charge in [-0.2, -0.15) is 0 Å². The number of carbonyl (C=O) groups excluding carboxylic acids is 2. The van der Waals surface area contributed by atoms with Crippen LogP contribution >= 0.6 is 11.6 Å². The van der Waals surface area contributed by atoms with Crippen LogP contribution in [-0.4, -0.2) is 46.9 Å². The van der Waals surface area contributed by atoms with E-state index in [1.54, 1.807) is 31.3 Å². The smallest absolute Gasteiger partial charge is 0.282 e. The number of aliphatic hydroxyl groups excluding tert-OH is 1. The summed E-state index contributed by atoms with van der Waals surface area (Å²) in [6, 6.07) is 11.8. The monoisotopic (exact) mass is 401 g/mol. The topological polar surface area (TPSA) is 104 Å². The van der Waals surface area contributed by atoms with Crippen LogP contribution in [0.3, 0.4) is 0 Å². The second-order valence-electron chi connectivity index (χ2n) is 6.07. The highest BCUT2D eigenvalue weighted by molar-refractivity contribution is 6.47. The van der Waals surface area contributed by atoms with Crippen molar-refractivity contribution < 1.29 is 19.6 Å². The zero-order chi connectivity index (χ0) is 20.4. The largest absolute Gasteiger partial charge is 0.395 e. The van der Waals surface area contributed by atoms with E-state index in [0.29, 0.717) is 5.56 Å². The van der Waals surface area contributed by atoms with Crippen molar-refractivity contribution in [2.75, 3.05) is 25.1 Å². The molecule has 2 amide bonds. The summed E-state index contributed by atoms with van der Waals surface area (Å²) in [5.41, 5.74) is 0.655. The number of benzene rings is 2. The first-order valence-corrected chi connectivity index (χ1v) is 8.69. The summed E-state index contributed by atoms with van der Waals surface area (Å²) in [7, 11) is 1.58. The van der Waals surface area contributed by atoms with E-state index in [9.17, 15) is 24.8 Å². The number of rotatable bonds is 6. The number of nitro groups is 1. The molecule has 1 aliphatic rings. The van der Waals surface area contributed by atoms with Gasteiger partial charge in [-0.3, -0.25) is 19.7 Å². The van der Waals surface area contributed by atoms with Gasteiger partial charge in [0.2, 0.25) is 0 Å². The third kappa shape index (κ3) is 3.35. The first-order valence-electron chi connectivity index (χ1n) is 8.31. The van der Waals surface area contributed by atoms with Crippen LogP contribution in [0.15, 0.2) is 54.2 Å². The second kappa shape index (κ2) is 7.79. The van der Waals surface area contributed by atoms with Crippen LogP contribution < -0.4 is 4.90 Å². The van der Waals surface area contributed by atoms with Gasteiger partial charge in [0, 0.05) is 25.7 Å². The number of para-hydroxylation sites is 1. The molecular formula is C19H16ClN3O5. The Balaban J connectivity index is 2.14. The zero-order valence-electron chi connectivity index (χ0n) is 14.8. The number of hydrogen-bond donors (Lipinski definition) is 1. The Hall–Kier alpha value is -3.23. The maximum Gasteiger partial charge on any atom is 0.282 e. The third-order valence-electron chi connectivity index (χ3n) is 4.34. The lowest BCUT2D eigenvalue weighted by atomic mass is 10.0. The summed E-state index contributed by atoms with van der Waals surface area (Å²) in [6.07, 6.45) is 0. The standard InChI is InChI=1S/C19H16ClN3O5/c1-21(10-11-24)17-16(12-6-8-13(9-7-12)23(27)28)18(25)22(19(17)26)15-5-3-2-4-14(15)20/h2-9,24H,10-11H2,1H3. The number of aliphatic hydroxyl groups is 1. The third-order valence-corrected chi connectivity index (χ3v) is 4.66. The molecule has 0 radical (unpaired) electrons. The SMILES string of the molecule is CN(CCO)C1=C(c2ccc([N+](=O)[O-])cc2)C(=O)N(c2ccccc2Cl)C1=O. The molecule has 1 aliphatic heterocycles. The van der Waals surface area contributed by atoms with Gasteiger partial charge < -0.3 is 10.0 Å². The minimum atomic E-state index is -0.591. The number of non-ortho nitro benzene ring substituents is 1. The molecule has 0 spiro atoms. The highest BCUT2D eigenvalue weighted by Crippen LogP contribution is 2.37. The van der Waals surface area contributed by atoms with Gasteiger partial charge in [-0.15, -0.1) is 0 Å².